The summed E-state index contributed by atoms with van der Waals surface area (Å²) < 4.78 is 14.5. The van der Waals surface area contributed by atoms with Gasteiger partial charge >= 0.3 is 0 Å². The molecule has 2 unspecified atom stereocenters. The molecule has 2 heterocycles. The number of piperidine rings is 1. The number of halogens is 1. The topological polar surface area (TPSA) is 58.9 Å². The molecule has 6 heteroatoms. The lowest BCUT2D eigenvalue weighted by Gasteiger charge is -2.30. The van der Waals surface area contributed by atoms with Crippen molar-refractivity contribution in [3.8, 4) is 5.69 Å². The van der Waals surface area contributed by atoms with Crippen LogP contribution < -0.4 is 10.6 Å². The van der Waals surface area contributed by atoms with E-state index in [0.717, 1.165) is 19.4 Å². The van der Waals surface area contributed by atoms with E-state index >= 15 is 0 Å². The molecule has 1 aromatic heterocycles. The average Bonchev–Trinajstić information content (AvgIpc) is 3.00. The molecule has 1 aliphatic rings. The van der Waals surface area contributed by atoms with E-state index in [-0.39, 0.29) is 23.8 Å². The quantitative estimate of drug-likeness (QED) is 0.910. The van der Waals surface area contributed by atoms with Gasteiger partial charge in [0.15, 0.2) is 5.69 Å². The van der Waals surface area contributed by atoms with Gasteiger partial charge in [0.05, 0.1) is 5.69 Å². The Balaban J connectivity index is 1.70. The number of nitrogens with zero attached hydrogens (tertiary/aromatic N) is 2. The van der Waals surface area contributed by atoms with Crippen molar-refractivity contribution in [1.29, 1.82) is 0 Å². The van der Waals surface area contributed by atoms with E-state index < -0.39 is 0 Å². The fourth-order valence-corrected chi connectivity index (χ4v) is 2.67. The van der Waals surface area contributed by atoms with Crippen LogP contribution >= 0.6 is 0 Å². The fourth-order valence-electron chi connectivity index (χ4n) is 2.67. The summed E-state index contributed by atoms with van der Waals surface area (Å²) in [6.07, 6.45) is 3.72. The van der Waals surface area contributed by atoms with Crippen molar-refractivity contribution in [2.75, 3.05) is 6.54 Å². The van der Waals surface area contributed by atoms with Gasteiger partial charge in [0.25, 0.3) is 5.91 Å². The van der Waals surface area contributed by atoms with Gasteiger partial charge in [-0.05, 0) is 56.6 Å². The van der Waals surface area contributed by atoms with Crippen LogP contribution in [-0.4, -0.2) is 34.3 Å². The molecule has 22 heavy (non-hydrogen) atoms. The lowest BCUT2D eigenvalue weighted by molar-refractivity contribution is 0.0914. The first kappa shape index (κ1) is 14.7. The predicted octanol–water partition coefficient (Wildman–Crippen LogP) is 1.88. The molecule has 0 spiro atoms. The summed E-state index contributed by atoms with van der Waals surface area (Å²) in [4.78, 5) is 12.3. The summed E-state index contributed by atoms with van der Waals surface area (Å²) >= 11 is 0. The highest BCUT2D eigenvalue weighted by atomic mass is 19.1. The monoisotopic (exact) mass is 302 g/mol. The molecule has 2 N–H and O–H groups in total. The number of aromatic nitrogens is 2. The van der Waals surface area contributed by atoms with Crippen LogP contribution in [0.2, 0.25) is 0 Å². The molecular weight excluding hydrogens is 283 g/mol. The van der Waals surface area contributed by atoms with Gasteiger partial charge in [0.2, 0.25) is 0 Å². The summed E-state index contributed by atoms with van der Waals surface area (Å²) in [5, 5.41) is 10.6. The Morgan fingerprint density at radius 2 is 2.14 bits per heavy atom. The molecular formula is C16H19FN4O. The van der Waals surface area contributed by atoms with E-state index in [1.807, 2.05) is 0 Å². The largest absolute Gasteiger partial charge is 0.346 e. The van der Waals surface area contributed by atoms with Crippen molar-refractivity contribution in [3.63, 3.8) is 0 Å². The van der Waals surface area contributed by atoms with Crippen molar-refractivity contribution in [2.24, 2.45) is 0 Å². The van der Waals surface area contributed by atoms with Crippen molar-refractivity contribution >= 4 is 5.91 Å². The van der Waals surface area contributed by atoms with Gasteiger partial charge in [-0.2, -0.15) is 5.10 Å². The van der Waals surface area contributed by atoms with Crippen LogP contribution in [0.5, 0.6) is 0 Å². The first-order chi connectivity index (χ1) is 10.6. The van der Waals surface area contributed by atoms with Crippen molar-refractivity contribution in [2.45, 2.75) is 31.8 Å². The normalized spacial score (nSPS) is 21.5. The first-order valence-corrected chi connectivity index (χ1v) is 7.49. The van der Waals surface area contributed by atoms with E-state index in [4.69, 9.17) is 0 Å². The van der Waals surface area contributed by atoms with E-state index in [9.17, 15) is 9.18 Å². The Kier molecular flexibility index (Phi) is 4.20. The smallest absolute Gasteiger partial charge is 0.272 e. The second-order valence-corrected chi connectivity index (χ2v) is 5.59. The zero-order valence-electron chi connectivity index (χ0n) is 12.4. The van der Waals surface area contributed by atoms with Crippen LogP contribution in [0.1, 0.15) is 30.3 Å². The van der Waals surface area contributed by atoms with E-state index in [0.29, 0.717) is 11.4 Å². The van der Waals surface area contributed by atoms with Gasteiger partial charge in [-0.25, -0.2) is 9.07 Å². The molecule has 3 rings (SSSR count). The molecule has 2 aromatic rings. The highest BCUT2D eigenvalue weighted by molar-refractivity contribution is 5.92. The lowest BCUT2D eigenvalue weighted by atomic mass is 10.00. The van der Waals surface area contributed by atoms with Gasteiger partial charge in [-0.1, -0.05) is 0 Å². The van der Waals surface area contributed by atoms with Crippen LogP contribution in [0.3, 0.4) is 0 Å². The van der Waals surface area contributed by atoms with Crippen LogP contribution in [0.15, 0.2) is 36.5 Å². The molecule has 2 atom stereocenters. The highest BCUT2D eigenvalue weighted by Crippen LogP contribution is 2.11. The molecule has 5 nitrogen and oxygen atoms in total. The summed E-state index contributed by atoms with van der Waals surface area (Å²) in [6, 6.07) is 8.03. The molecule has 1 saturated heterocycles. The second kappa shape index (κ2) is 6.27. The molecule has 116 valence electrons. The number of hydrogen-bond donors (Lipinski definition) is 2. The second-order valence-electron chi connectivity index (χ2n) is 5.59. The van der Waals surface area contributed by atoms with Crippen LogP contribution in [0.25, 0.3) is 5.69 Å². The minimum atomic E-state index is -0.298. The first-order valence-electron chi connectivity index (χ1n) is 7.49. The molecule has 0 bridgehead atoms. The number of carbonyl (C=O) groups excluding carboxylic acids is 1. The molecule has 1 amide bonds. The molecule has 0 aliphatic carbocycles. The number of benzene rings is 1. The maximum absolute atomic E-state index is 12.9. The molecule has 1 aliphatic heterocycles. The van der Waals surface area contributed by atoms with Crippen LogP contribution in [-0.2, 0) is 0 Å². The Labute approximate surface area is 128 Å². The van der Waals surface area contributed by atoms with E-state index in [2.05, 4.69) is 22.7 Å². The SMILES string of the molecule is CC1NCCCC1NC(=O)c1ccn(-c2ccc(F)cc2)n1. The predicted molar refractivity (Wildman–Crippen MR) is 81.5 cm³/mol. The summed E-state index contributed by atoms with van der Waals surface area (Å²) in [5.41, 5.74) is 1.08. The number of amides is 1. The van der Waals surface area contributed by atoms with Gasteiger partial charge in [-0.3, -0.25) is 4.79 Å². The highest BCUT2D eigenvalue weighted by Gasteiger charge is 2.23. The van der Waals surface area contributed by atoms with Gasteiger partial charge in [0, 0.05) is 18.3 Å². The number of hydrogen-bond acceptors (Lipinski definition) is 3. The van der Waals surface area contributed by atoms with Crippen LogP contribution in [0, 0.1) is 5.82 Å². The van der Waals surface area contributed by atoms with Crippen molar-refractivity contribution in [3.05, 3.63) is 48.0 Å². The molecule has 1 fully saturated rings. The Morgan fingerprint density at radius 1 is 1.36 bits per heavy atom. The van der Waals surface area contributed by atoms with Crippen LogP contribution in [0.4, 0.5) is 4.39 Å². The van der Waals surface area contributed by atoms with Crippen molar-refractivity contribution < 1.29 is 9.18 Å². The zero-order valence-corrected chi connectivity index (χ0v) is 12.4. The fraction of sp³-hybridized carbons (Fsp3) is 0.375. The Morgan fingerprint density at radius 3 is 2.86 bits per heavy atom. The van der Waals surface area contributed by atoms with Gasteiger partial charge in [-0.15, -0.1) is 0 Å². The number of nitrogens with one attached hydrogen (secondary N) is 2. The van der Waals surface area contributed by atoms with E-state index in [1.54, 1.807) is 29.1 Å². The standard InChI is InChI=1S/C16H19FN4O/c1-11-14(3-2-9-18-11)19-16(22)15-8-10-21(20-15)13-6-4-12(17)5-7-13/h4-8,10-11,14,18H,2-3,9H2,1H3,(H,19,22). The Bertz CT molecular complexity index is 652. The maximum Gasteiger partial charge on any atom is 0.272 e. The van der Waals surface area contributed by atoms with Gasteiger partial charge in [0.1, 0.15) is 5.82 Å². The molecule has 0 radical (unpaired) electrons. The maximum atomic E-state index is 12.9. The molecule has 1 aromatic carbocycles. The number of carbonyl (C=O) groups is 1. The Hall–Kier alpha value is -2.21. The summed E-state index contributed by atoms with van der Waals surface area (Å²) in [5.74, 6) is -0.478. The summed E-state index contributed by atoms with van der Waals surface area (Å²) in [7, 11) is 0. The molecule has 0 saturated carbocycles. The minimum Gasteiger partial charge on any atom is -0.346 e. The third-order valence-electron chi connectivity index (χ3n) is 3.99. The lowest BCUT2D eigenvalue weighted by Crippen LogP contribution is -2.52. The number of rotatable bonds is 3. The zero-order chi connectivity index (χ0) is 15.5. The summed E-state index contributed by atoms with van der Waals surface area (Å²) in [6.45, 7) is 3.06. The van der Waals surface area contributed by atoms with Gasteiger partial charge < -0.3 is 10.6 Å². The van der Waals surface area contributed by atoms with Crippen molar-refractivity contribution in [1.82, 2.24) is 20.4 Å². The average molecular weight is 302 g/mol. The third-order valence-corrected chi connectivity index (χ3v) is 3.99. The third kappa shape index (κ3) is 3.17. The van der Waals surface area contributed by atoms with E-state index in [1.165, 1.54) is 12.1 Å². The minimum absolute atomic E-state index is 0.122.